The molecule has 132 valence electrons. The molecular weight excluding hydrogens is 331 g/mol. The van der Waals surface area contributed by atoms with Gasteiger partial charge in [0.25, 0.3) is 5.91 Å². The molecule has 0 aliphatic rings. The van der Waals surface area contributed by atoms with Crippen LogP contribution in [0.15, 0.2) is 30.5 Å². The number of amides is 1. The first-order valence-electron chi connectivity index (χ1n) is 7.70. The standard InChI is InChI=1S/C17H23FN4O.ClH/c1-11(2)15(19)8-9-22(3)17(23)14-10-20-21-16(14)12-4-6-13(18)7-5-12;/h4-7,10-11,15H,8-9,19H2,1-3H3,(H,20,21);1H. The van der Waals surface area contributed by atoms with Gasteiger partial charge >= 0.3 is 0 Å². The van der Waals surface area contributed by atoms with Crippen molar-refractivity contribution in [1.29, 1.82) is 0 Å². The average molecular weight is 355 g/mol. The molecule has 7 heteroatoms. The zero-order valence-corrected chi connectivity index (χ0v) is 14.9. The predicted octanol–water partition coefficient (Wildman–Crippen LogP) is 3.08. The average Bonchev–Trinajstić information content (AvgIpc) is 3.01. The van der Waals surface area contributed by atoms with Crippen LogP contribution in [0.2, 0.25) is 0 Å². The van der Waals surface area contributed by atoms with Crippen molar-refractivity contribution in [2.24, 2.45) is 11.7 Å². The number of rotatable bonds is 6. The van der Waals surface area contributed by atoms with E-state index >= 15 is 0 Å². The minimum Gasteiger partial charge on any atom is -0.342 e. The lowest BCUT2D eigenvalue weighted by Gasteiger charge is -2.21. The lowest BCUT2D eigenvalue weighted by molar-refractivity contribution is 0.0790. The molecule has 0 fully saturated rings. The van der Waals surface area contributed by atoms with Gasteiger partial charge in [0.2, 0.25) is 0 Å². The summed E-state index contributed by atoms with van der Waals surface area (Å²) in [5, 5.41) is 6.77. The second-order valence-electron chi connectivity index (χ2n) is 6.09. The Labute approximate surface area is 147 Å². The largest absolute Gasteiger partial charge is 0.342 e. The molecule has 1 amide bonds. The van der Waals surface area contributed by atoms with E-state index in [4.69, 9.17) is 5.73 Å². The molecular formula is C17H24ClFN4O. The summed E-state index contributed by atoms with van der Waals surface area (Å²) in [7, 11) is 1.75. The molecule has 1 atom stereocenters. The van der Waals surface area contributed by atoms with Crippen LogP contribution >= 0.6 is 12.4 Å². The molecule has 5 nitrogen and oxygen atoms in total. The summed E-state index contributed by atoms with van der Waals surface area (Å²) in [5.74, 6) is -0.0721. The third-order valence-electron chi connectivity index (χ3n) is 4.00. The lowest BCUT2D eigenvalue weighted by atomic mass is 10.0. The predicted molar refractivity (Wildman–Crippen MR) is 95.6 cm³/mol. The Kier molecular flexibility index (Phi) is 7.38. The van der Waals surface area contributed by atoms with E-state index in [1.807, 2.05) is 0 Å². The van der Waals surface area contributed by atoms with E-state index in [1.54, 1.807) is 24.1 Å². The molecule has 1 heterocycles. The zero-order chi connectivity index (χ0) is 17.0. The first-order valence-corrected chi connectivity index (χ1v) is 7.70. The Hall–Kier alpha value is -1.92. The number of nitrogens with two attached hydrogens (primary N) is 1. The highest BCUT2D eigenvalue weighted by molar-refractivity contribution is 5.99. The summed E-state index contributed by atoms with van der Waals surface area (Å²) in [6.07, 6.45) is 2.24. The van der Waals surface area contributed by atoms with Gasteiger partial charge < -0.3 is 10.6 Å². The normalized spacial score (nSPS) is 11.9. The van der Waals surface area contributed by atoms with Crippen molar-refractivity contribution >= 4 is 18.3 Å². The number of H-pyrrole nitrogens is 1. The molecule has 0 bridgehead atoms. The van der Waals surface area contributed by atoms with E-state index in [0.717, 1.165) is 12.0 Å². The molecule has 0 saturated carbocycles. The highest BCUT2D eigenvalue weighted by Crippen LogP contribution is 2.22. The maximum absolute atomic E-state index is 13.0. The summed E-state index contributed by atoms with van der Waals surface area (Å²) in [4.78, 5) is 14.2. The van der Waals surface area contributed by atoms with Crippen LogP contribution in [0.4, 0.5) is 4.39 Å². The Bertz CT molecular complexity index is 657. The van der Waals surface area contributed by atoms with E-state index in [9.17, 15) is 9.18 Å². The highest BCUT2D eigenvalue weighted by Gasteiger charge is 2.19. The van der Waals surface area contributed by atoms with Crippen molar-refractivity contribution in [2.75, 3.05) is 13.6 Å². The number of carbonyl (C=O) groups excluding carboxylic acids is 1. The molecule has 0 aliphatic heterocycles. The fourth-order valence-electron chi connectivity index (χ4n) is 2.27. The van der Waals surface area contributed by atoms with Crippen molar-refractivity contribution in [3.05, 3.63) is 41.8 Å². The van der Waals surface area contributed by atoms with E-state index in [1.165, 1.54) is 18.3 Å². The summed E-state index contributed by atoms with van der Waals surface area (Å²) < 4.78 is 13.0. The van der Waals surface area contributed by atoms with Crippen LogP contribution < -0.4 is 5.73 Å². The highest BCUT2D eigenvalue weighted by atomic mass is 35.5. The van der Waals surface area contributed by atoms with Crippen molar-refractivity contribution in [3.63, 3.8) is 0 Å². The minimum atomic E-state index is -0.319. The van der Waals surface area contributed by atoms with Crippen molar-refractivity contribution in [1.82, 2.24) is 15.1 Å². The van der Waals surface area contributed by atoms with Crippen LogP contribution in [0.5, 0.6) is 0 Å². The maximum atomic E-state index is 13.0. The number of benzene rings is 1. The Morgan fingerprint density at radius 1 is 1.33 bits per heavy atom. The molecule has 0 aliphatic carbocycles. The van der Waals surface area contributed by atoms with Gasteiger partial charge in [0.1, 0.15) is 5.82 Å². The molecule has 1 aromatic carbocycles. The van der Waals surface area contributed by atoms with Gasteiger partial charge in [-0.05, 0) is 36.6 Å². The Balaban J connectivity index is 0.00000288. The first-order chi connectivity index (χ1) is 10.9. The third kappa shape index (κ3) is 4.79. The van der Waals surface area contributed by atoms with Gasteiger partial charge in [0, 0.05) is 25.2 Å². The SMILES string of the molecule is CC(C)C(N)CCN(C)C(=O)c1cn[nH]c1-c1ccc(F)cc1.Cl. The van der Waals surface area contributed by atoms with Gasteiger partial charge in [-0.2, -0.15) is 5.10 Å². The molecule has 2 rings (SSSR count). The molecule has 1 unspecified atom stereocenters. The fraction of sp³-hybridized carbons (Fsp3) is 0.412. The number of aromatic amines is 1. The first kappa shape index (κ1) is 20.1. The van der Waals surface area contributed by atoms with Crippen molar-refractivity contribution in [3.8, 4) is 11.3 Å². The molecule has 2 aromatic rings. The van der Waals surface area contributed by atoms with Crippen LogP contribution in [-0.2, 0) is 0 Å². The summed E-state index contributed by atoms with van der Waals surface area (Å²) in [6.45, 7) is 4.70. The maximum Gasteiger partial charge on any atom is 0.257 e. The molecule has 24 heavy (non-hydrogen) atoms. The molecule has 3 N–H and O–H groups in total. The topological polar surface area (TPSA) is 75.0 Å². The van der Waals surface area contributed by atoms with Crippen molar-refractivity contribution < 1.29 is 9.18 Å². The number of hydrogen-bond acceptors (Lipinski definition) is 3. The van der Waals surface area contributed by atoms with Crippen LogP contribution in [-0.4, -0.2) is 40.6 Å². The van der Waals surface area contributed by atoms with Gasteiger partial charge in [0.05, 0.1) is 17.5 Å². The lowest BCUT2D eigenvalue weighted by Crippen LogP contribution is -2.34. The zero-order valence-electron chi connectivity index (χ0n) is 14.1. The minimum absolute atomic E-state index is 0. The number of carbonyl (C=O) groups is 1. The van der Waals surface area contributed by atoms with E-state index < -0.39 is 0 Å². The molecule has 0 saturated heterocycles. The monoisotopic (exact) mass is 354 g/mol. The van der Waals surface area contributed by atoms with Gasteiger partial charge in [-0.1, -0.05) is 13.8 Å². The van der Waals surface area contributed by atoms with Crippen LogP contribution in [0.1, 0.15) is 30.6 Å². The molecule has 0 radical (unpaired) electrons. The summed E-state index contributed by atoms with van der Waals surface area (Å²) in [6, 6.07) is 6.01. The van der Waals surface area contributed by atoms with E-state index in [-0.39, 0.29) is 30.2 Å². The molecule has 1 aromatic heterocycles. The number of halogens is 2. The number of nitrogens with zero attached hydrogens (tertiary/aromatic N) is 2. The third-order valence-corrected chi connectivity index (χ3v) is 4.00. The van der Waals surface area contributed by atoms with Crippen molar-refractivity contribution in [2.45, 2.75) is 26.3 Å². The smallest absolute Gasteiger partial charge is 0.257 e. The van der Waals surface area contributed by atoms with Gasteiger partial charge in [-0.15, -0.1) is 12.4 Å². The van der Waals surface area contributed by atoms with Gasteiger partial charge in [-0.3, -0.25) is 9.89 Å². The fourth-order valence-corrected chi connectivity index (χ4v) is 2.27. The summed E-state index contributed by atoms with van der Waals surface area (Å²) in [5.41, 5.74) is 7.81. The number of aromatic nitrogens is 2. The van der Waals surface area contributed by atoms with Crippen LogP contribution in [0, 0.1) is 11.7 Å². The number of hydrogen-bond donors (Lipinski definition) is 2. The van der Waals surface area contributed by atoms with Crippen LogP contribution in [0.3, 0.4) is 0 Å². The number of nitrogens with one attached hydrogen (secondary N) is 1. The van der Waals surface area contributed by atoms with E-state index in [0.29, 0.717) is 23.7 Å². The Morgan fingerprint density at radius 3 is 2.54 bits per heavy atom. The van der Waals surface area contributed by atoms with Crippen LogP contribution in [0.25, 0.3) is 11.3 Å². The summed E-state index contributed by atoms with van der Waals surface area (Å²) >= 11 is 0. The molecule has 0 spiro atoms. The van der Waals surface area contributed by atoms with Gasteiger partial charge in [0.15, 0.2) is 0 Å². The second-order valence-corrected chi connectivity index (χ2v) is 6.09. The quantitative estimate of drug-likeness (QED) is 0.837. The second kappa shape index (κ2) is 8.80. The van der Waals surface area contributed by atoms with E-state index in [2.05, 4.69) is 24.0 Å². The van der Waals surface area contributed by atoms with Gasteiger partial charge in [-0.25, -0.2) is 4.39 Å². The Morgan fingerprint density at radius 2 is 1.96 bits per heavy atom.